The fourth-order valence-electron chi connectivity index (χ4n) is 1.55. The molecule has 5 nitrogen and oxygen atoms in total. The molecule has 1 aliphatic heterocycles. The minimum atomic E-state index is -1.11. The summed E-state index contributed by atoms with van der Waals surface area (Å²) in [5, 5.41) is 10.8. The molecule has 0 bridgehead atoms. The maximum absolute atomic E-state index is 10.8. The Morgan fingerprint density at radius 2 is 2.43 bits per heavy atom. The summed E-state index contributed by atoms with van der Waals surface area (Å²) in [5.74, 6) is -0.841. The first-order valence-electron chi connectivity index (χ1n) is 4.79. The second kappa shape index (κ2) is 4.95. The van der Waals surface area contributed by atoms with E-state index in [1.165, 1.54) is 0 Å². The summed E-state index contributed by atoms with van der Waals surface area (Å²) in [5.41, 5.74) is 0. The molecular formula is C9H16N2O3. The second-order valence-corrected chi connectivity index (χ2v) is 3.22. The lowest BCUT2D eigenvalue weighted by Crippen LogP contribution is -2.45. The fourth-order valence-corrected chi connectivity index (χ4v) is 1.55. The molecule has 0 amide bonds. The van der Waals surface area contributed by atoms with Crippen molar-refractivity contribution in [3.8, 4) is 0 Å². The van der Waals surface area contributed by atoms with Gasteiger partial charge in [0.25, 0.3) is 5.84 Å². The lowest BCUT2D eigenvalue weighted by Gasteiger charge is -2.13. The van der Waals surface area contributed by atoms with Crippen molar-refractivity contribution in [1.82, 2.24) is 4.90 Å². The van der Waals surface area contributed by atoms with E-state index in [-0.39, 0.29) is 5.84 Å². The maximum Gasteiger partial charge on any atom is 0.295 e. The van der Waals surface area contributed by atoms with E-state index in [9.17, 15) is 9.90 Å². The third-order valence-corrected chi connectivity index (χ3v) is 2.26. The van der Waals surface area contributed by atoms with Gasteiger partial charge in [0.2, 0.25) is 0 Å². The summed E-state index contributed by atoms with van der Waals surface area (Å²) in [6.45, 7) is 5.20. The van der Waals surface area contributed by atoms with Crippen molar-refractivity contribution in [3.05, 3.63) is 0 Å². The number of carbonyl (C=O) groups is 1. The molecule has 0 saturated carbocycles. The van der Waals surface area contributed by atoms with Crippen molar-refractivity contribution in [2.75, 3.05) is 39.9 Å². The highest BCUT2D eigenvalue weighted by molar-refractivity contribution is 6.31. The molecule has 80 valence electrons. The van der Waals surface area contributed by atoms with Crippen LogP contribution in [0, 0.1) is 0 Å². The third kappa shape index (κ3) is 2.45. The standard InChI is InChI=1S/C9H16N2O3/c1-3-14-7-6-11-5-4-10(2)8(11)9(12)13/h3-7H2,1-2H3. The van der Waals surface area contributed by atoms with Gasteiger partial charge in [-0.3, -0.25) is 9.48 Å². The van der Waals surface area contributed by atoms with Gasteiger partial charge in [-0.05, 0) is 6.92 Å². The topological polar surface area (TPSA) is 55.6 Å². The second-order valence-electron chi connectivity index (χ2n) is 3.22. The van der Waals surface area contributed by atoms with Gasteiger partial charge in [-0.15, -0.1) is 0 Å². The van der Waals surface area contributed by atoms with Gasteiger partial charge in [-0.1, -0.05) is 0 Å². The van der Waals surface area contributed by atoms with E-state index in [0.29, 0.717) is 19.8 Å². The molecule has 0 aromatic rings. The highest BCUT2D eigenvalue weighted by Gasteiger charge is 2.28. The van der Waals surface area contributed by atoms with E-state index in [0.717, 1.165) is 13.1 Å². The van der Waals surface area contributed by atoms with Gasteiger partial charge in [-0.25, -0.2) is 0 Å². The van der Waals surface area contributed by atoms with Crippen molar-refractivity contribution >= 4 is 11.8 Å². The smallest absolute Gasteiger partial charge is 0.295 e. The van der Waals surface area contributed by atoms with Gasteiger partial charge in [0.05, 0.1) is 13.7 Å². The molecule has 14 heavy (non-hydrogen) atoms. The molecule has 1 rings (SSSR count). The lowest BCUT2D eigenvalue weighted by atomic mass is 10.4. The number of nitrogens with zero attached hydrogens (tertiary/aromatic N) is 2. The van der Waals surface area contributed by atoms with Gasteiger partial charge in [0.1, 0.15) is 19.6 Å². The largest absolute Gasteiger partial charge is 0.538 e. The van der Waals surface area contributed by atoms with E-state index < -0.39 is 5.97 Å². The fraction of sp³-hybridized carbons (Fsp3) is 0.778. The highest BCUT2D eigenvalue weighted by Crippen LogP contribution is 1.99. The van der Waals surface area contributed by atoms with Crippen molar-refractivity contribution < 1.29 is 19.2 Å². The summed E-state index contributed by atoms with van der Waals surface area (Å²) < 4.78 is 6.87. The zero-order valence-corrected chi connectivity index (χ0v) is 8.65. The Balaban J connectivity index is 2.50. The molecule has 0 fully saturated rings. The Kier molecular flexibility index (Phi) is 3.88. The Hall–Kier alpha value is -1.10. The normalized spacial score (nSPS) is 16.6. The molecule has 0 aromatic heterocycles. The summed E-state index contributed by atoms with van der Waals surface area (Å²) >= 11 is 0. The predicted molar refractivity (Wildman–Crippen MR) is 49.1 cm³/mol. The minimum absolute atomic E-state index is 0.268. The molecule has 0 radical (unpaired) electrons. The number of amidine groups is 1. The Morgan fingerprint density at radius 1 is 1.71 bits per heavy atom. The molecule has 5 heteroatoms. The molecule has 0 atom stereocenters. The number of ether oxygens (including phenoxy) is 1. The number of carboxylic acid groups (broad SMARTS) is 1. The summed E-state index contributed by atoms with van der Waals surface area (Å²) in [6, 6.07) is 0. The van der Waals surface area contributed by atoms with Gasteiger partial charge < -0.3 is 14.6 Å². The van der Waals surface area contributed by atoms with Crippen LogP contribution in [-0.2, 0) is 9.53 Å². The van der Waals surface area contributed by atoms with E-state index in [1.54, 1.807) is 16.5 Å². The zero-order chi connectivity index (χ0) is 10.6. The van der Waals surface area contributed by atoms with Crippen LogP contribution in [0.1, 0.15) is 6.92 Å². The average Bonchev–Trinajstić information content (AvgIpc) is 2.47. The summed E-state index contributed by atoms with van der Waals surface area (Å²) in [4.78, 5) is 12.6. The van der Waals surface area contributed by atoms with Crippen LogP contribution in [0.4, 0.5) is 0 Å². The van der Waals surface area contributed by atoms with Crippen LogP contribution in [0.25, 0.3) is 0 Å². The van der Waals surface area contributed by atoms with Crippen LogP contribution in [-0.4, -0.2) is 61.2 Å². The number of carboxylic acids is 1. The van der Waals surface area contributed by atoms with Crippen molar-refractivity contribution in [3.63, 3.8) is 0 Å². The first-order valence-corrected chi connectivity index (χ1v) is 4.79. The lowest BCUT2D eigenvalue weighted by molar-refractivity contribution is -0.488. The Morgan fingerprint density at radius 3 is 3.00 bits per heavy atom. The van der Waals surface area contributed by atoms with Crippen molar-refractivity contribution in [1.29, 1.82) is 0 Å². The highest BCUT2D eigenvalue weighted by atomic mass is 16.5. The van der Waals surface area contributed by atoms with E-state index in [1.807, 2.05) is 6.92 Å². The van der Waals surface area contributed by atoms with E-state index >= 15 is 0 Å². The molecule has 0 aromatic carbocycles. The molecular weight excluding hydrogens is 184 g/mol. The van der Waals surface area contributed by atoms with Gasteiger partial charge in [0, 0.05) is 6.61 Å². The van der Waals surface area contributed by atoms with E-state index in [2.05, 4.69) is 0 Å². The SMILES string of the molecule is CCOCCN1CC[N+](C)=C1C(=O)[O-]. The van der Waals surface area contributed by atoms with Crippen molar-refractivity contribution in [2.24, 2.45) is 0 Å². The van der Waals surface area contributed by atoms with Crippen LogP contribution in [0.2, 0.25) is 0 Å². The number of carbonyl (C=O) groups excluding carboxylic acids is 1. The Labute approximate surface area is 83.6 Å². The molecule has 0 spiro atoms. The van der Waals surface area contributed by atoms with Crippen LogP contribution in [0.15, 0.2) is 0 Å². The monoisotopic (exact) mass is 200 g/mol. The molecule has 0 N–H and O–H groups in total. The minimum Gasteiger partial charge on any atom is -0.538 e. The van der Waals surface area contributed by atoms with Crippen LogP contribution in [0.5, 0.6) is 0 Å². The number of hydrogen-bond acceptors (Lipinski definition) is 4. The molecule has 0 unspecified atom stereocenters. The maximum atomic E-state index is 10.8. The molecule has 1 heterocycles. The third-order valence-electron chi connectivity index (χ3n) is 2.26. The summed E-state index contributed by atoms with van der Waals surface area (Å²) in [7, 11) is 1.76. The van der Waals surface area contributed by atoms with Crippen LogP contribution in [0.3, 0.4) is 0 Å². The van der Waals surface area contributed by atoms with E-state index in [4.69, 9.17) is 4.74 Å². The first kappa shape index (κ1) is 11.0. The van der Waals surface area contributed by atoms with Crippen molar-refractivity contribution in [2.45, 2.75) is 6.92 Å². The molecule has 0 aliphatic carbocycles. The quantitative estimate of drug-likeness (QED) is 0.385. The van der Waals surface area contributed by atoms with Gasteiger partial charge >= 0.3 is 0 Å². The Bertz CT molecular complexity index is 250. The van der Waals surface area contributed by atoms with Gasteiger partial charge in [-0.2, -0.15) is 0 Å². The first-order chi connectivity index (χ1) is 6.66. The predicted octanol–water partition coefficient (Wildman–Crippen LogP) is -1.87. The molecule has 1 aliphatic rings. The number of likely N-dealkylation sites (N-methyl/N-ethyl adjacent to an activating group) is 1. The number of hydrogen-bond donors (Lipinski definition) is 0. The molecule has 0 saturated heterocycles. The summed E-state index contributed by atoms with van der Waals surface area (Å²) in [6.07, 6.45) is 0. The van der Waals surface area contributed by atoms with Gasteiger partial charge in [0.15, 0.2) is 5.97 Å². The number of aliphatic carboxylic acids is 1. The zero-order valence-electron chi connectivity index (χ0n) is 8.65. The van der Waals surface area contributed by atoms with Crippen LogP contribution < -0.4 is 5.11 Å². The van der Waals surface area contributed by atoms with Crippen LogP contribution >= 0.6 is 0 Å². The number of rotatable bonds is 5. The average molecular weight is 200 g/mol.